The average Bonchev–Trinajstić information content (AvgIpc) is 2.34. The first-order valence-corrected chi connectivity index (χ1v) is 5.08. The summed E-state index contributed by atoms with van der Waals surface area (Å²) < 4.78 is 43.3. The highest BCUT2D eigenvalue weighted by Gasteiger charge is 2.39. The predicted molar refractivity (Wildman–Crippen MR) is 56.9 cm³/mol. The average molecular weight is 257 g/mol. The number of ether oxygens (including phenoxy) is 1. The molecule has 0 saturated carbocycles. The first-order chi connectivity index (χ1) is 8.36. The topological polar surface area (TPSA) is 50.1 Å². The van der Waals surface area contributed by atoms with Gasteiger partial charge in [0.1, 0.15) is 6.07 Å². The Morgan fingerprint density at radius 1 is 1.44 bits per heavy atom. The number of carbonyl (C=O) groups excluding carboxylic acids is 1. The second-order valence-electron chi connectivity index (χ2n) is 3.48. The molecule has 0 radical (unpaired) electrons. The van der Waals surface area contributed by atoms with E-state index in [2.05, 4.69) is 4.74 Å². The third-order valence-electron chi connectivity index (χ3n) is 2.47. The first-order valence-electron chi connectivity index (χ1n) is 5.08. The van der Waals surface area contributed by atoms with Crippen LogP contribution in [0.1, 0.15) is 34.0 Å². The monoisotopic (exact) mass is 257 g/mol. The van der Waals surface area contributed by atoms with E-state index in [0.29, 0.717) is 0 Å². The van der Waals surface area contributed by atoms with E-state index in [-0.39, 0.29) is 17.5 Å². The van der Waals surface area contributed by atoms with Gasteiger partial charge in [0.15, 0.2) is 0 Å². The van der Waals surface area contributed by atoms with Crippen LogP contribution in [0, 0.1) is 11.3 Å². The molecule has 96 valence electrons. The molecule has 0 aliphatic rings. The number of nitrogens with zero attached hydrogens (tertiary/aromatic N) is 1. The van der Waals surface area contributed by atoms with E-state index in [1.807, 2.05) is 0 Å². The van der Waals surface area contributed by atoms with E-state index < -0.39 is 23.3 Å². The zero-order chi connectivity index (χ0) is 13.9. The lowest BCUT2D eigenvalue weighted by Gasteiger charge is -2.16. The largest absolute Gasteiger partial charge is 0.465 e. The molecule has 0 aliphatic heterocycles. The lowest BCUT2D eigenvalue weighted by atomic mass is 9.94. The number of hydrogen-bond acceptors (Lipinski definition) is 3. The number of benzene rings is 1. The Bertz CT molecular complexity index is 515. The van der Waals surface area contributed by atoms with Gasteiger partial charge in [0.05, 0.1) is 23.8 Å². The summed E-state index contributed by atoms with van der Waals surface area (Å²) in [4.78, 5) is 11.5. The Kier molecular flexibility index (Phi) is 3.96. The molecule has 0 fully saturated rings. The second-order valence-corrected chi connectivity index (χ2v) is 3.48. The van der Waals surface area contributed by atoms with Crippen molar-refractivity contribution in [1.29, 1.82) is 5.26 Å². The number of esters is 1. The minimum Gasteiger partial charge on any atom is -0.465 e. The van der Waals surface area contributed by atoms with Crippen molar-refractivity contribution in [3.63, 3.8) is 0 Å². The Balaban J connectivity index is 3.71. The minimum atomic E-state index is -4.71. The summed E-state index contributed by atoms with van der Waals surface area (Å²) in [6.45, 7) is 1.54. The van der Waals surface area contributed by atoms with Crippen molar-refractivity contribution in [2.75, 3.05) is 7.11 Å². The van der Waals surface area contributed by atoms with Crippen molar-refractivity contribution in [2.45, 2.75) is 19.5 Å². The molecule has 0 saturated heterocycles. The number of rotatable bonds is 2. The van der Waals surface area contributed by atoms with Gasteiger partial charge in [-0.05, 0) is 18.1 Å². The Hall–Kier alpha value is -2.03. The van der Waals surface area contributed by atoms with Crippen LogP contribution in [0.4, 0.5) is 13.2 Å². The highest BCUT2D eigenvalue weighted by molar-refractivity contribution is 5.94. The van der Waals surface area contributed by atoms with Gasteiger partial charge >= 0.3 is 12.1 Å². The number of methoxy groups -OCH3 is 1. The Morgan fingerprint density at radius 2 is 2.06 bits per heavy atom. The smallest absolute Gasteiger partial charge is 0.417 e. The number of carbonyl (C=O) groups is 1. The second kappa shape index (κ2) is 5.08. The molecule has 3 nitrogen and oxygen atoms in total. The van der Waals surface area contributed by atoms with Crippen LogP contribution in [0.2, 0.25) is 0 Å². The van der Waals surface area contributed by atoms with E-state index >= 15 is 0 Å². The van der Waals surface area contributed by atoms with Crippen LogP contribution < -0.4 is 0 Å². The summed E-state index contributed by atoms with van der Waals surface area (Å²) in [6, 6.07) is 3.97. The summed E-state index contributed by atoms with van der Waals surface area (Å²) in [5, 5.41) is 8.79. The van der Waals surface area contributed by atoms with Crippen molar-refractivity contribution in [3.05, 3.63) is 34.4 Å². The lowest BCUT2D eigenvalue weighted by Crippen LogP contribution is -2.18. The van der Waals surface area contributed by atoms with E-state index in [1.54, 1.807) is 6.07 Å². The third-order valence-corrected chi connectivity index (χ3v) is 2.47. The van der Waals surface area contributed by atoms with E-state index in [0.717, 1.165) is 7.11 Å². The number of nitriles is 1. The van der Waals surface area contributed by atoms with Gasteiger partial charge in [-0.15, -0.1) is 0 Å². The van der Waals surface area contributed by atoms with Gasteiger partial charge in [-0.25, -0.2) is 4.79 Å². The lowest BCUT2D eigenvalue weighted by molar-refractivity contribution is -0.138. The molecule has 0 N–H and O–H groups in total. The van der Waals surface area contributed by atoms with Crippen molar-refractivity contribution >= 4 is 5.97 Å². The van der Waals surface area contributed by atoms with Gasteiger partial charge < -0.3 is 4.74 Å². The maximum atomic E-state index is 13.0. The molecule has 0 amide bonds. The highest BCUT2D eigenvalue weighted by atomic mass is 19.4. The van der Waals surface area contributed by atoms with Crippen LogP contribution in [-0.2, 0) is 17.3 Å². The SMILES string of the molecule is CCc1ccc(C#N)c(C(=O)OC)c1C(F)(F)F. The van der Waals surface area contributed by atoms with Crippen LogP contribution in [0.3, 0.4) is 0 Å². The molecule has 1 rings (SSSR count). The first kappa shape index (κ1) is 14.0. The summed E-state index contributed by atoms with van der Waals surface area (Å²) in [6.07, 6.45) is -4.60. The number of alkyl halides is 3. The fourth-order valence-corrected chi connectivity index (χ4v) is 1.67. The van der Waals surface area contributed by atoms with Crippen molar-refractivity contribution in [3.8, 4) is 6.07 Å². The number of halogens is 3. The molecule has 0 heterocycles. The fourth-order valence-electron chi connectivity index (χ4n) is 1.67. The van der Waals surface area contributed by atoms with Gasteiger partial charge in [0, 0.05) is 0 Å². The van der Waals surface area contributed by atoms with Crippen LogP contribution in [0.5, 0.6) is 0 Å². The molecule has 6 heteroatoms. The molecule has 0 bridgehead atoms. The fraction of sp³-hybridized carbons (Fsp3) is 0.333. The molecule has 1 aromatic carbocycles. The summed E-state index contributed by atoms with van der Waals surface area (Å²) in [5.74, 6) is -1.16. The normalized spacial score (nSPS) is 10.9. The molecular formula is C12H10F3NO2. The van der Waals surface area contributed by atoms with Crippen molar-refractivity contribution in [1.82, 2.24) is 0 Å². The van der Waals surface area contributed by atoms with Gasteiger partial charge in [0.2, 0.25) is 0 Å². The van der Waals surface area contributed by atoms with E-state index in [1.165, 1.54) is 19.1 Å². The zero-order valence-corrected chi connectivity index (χ0v) is 9.76. The van der Waals surface area contributed by atoms with Gasteiger partial charge in [0.25, 0.3) is 0 Å². The van der Waals surface area contributed by atoms with E-state index in [9.17, 15) is 18.0 Å². The highest BCUT2D eigenvalue weighted by Crippen LogP contribution is 2.36. The molecular weight excluding hydrogens is 247 g/mol. The van der Waals surface area contributed by atoms with Crippen LogP contribution in [0.25, 0.3) is 0 Å². The molecule has 0 unspecified atom stereocenters. The summed E-state index contributed by atoms with van der Waals surface area (Å²) in [7, 11) is 0.974. The minimum absolute atomic E-state index is 0.0399. The van der Waals surface area contributed by atoms with Gasteiger partial charge in [-0.2, -0.15) is 18.4 Å². The molecule has 18 heavy (non-hydrogen) atoms. The van der Waals surface area contributed by atoms with Crippen molar-refractivity contribution in [2.24, 2.45) is 0 Å². The third kappa shape index (κ3) is 2.45. The quantitative estimate of drug-likeness (QED) is 0.765. The van der Waals surface area contributed by atoms with E-state index in [4.69, 9.17) is 5.26 Å². The molecule has 0 aromatic heterocycles. The van der Waals surface area contributed by atoms with Crippen LogP contribution in [0.15, 0.2) is 12.1 Å². The standard InChI is InChI=1S/C12H10F3NO2/c1-3-7-4-5-8(6-16)9(11(17)18-2)10(7)12(13,14)15/h4-5H,3H2,1-2H3. The maximum absolute atomic E-state index is 13.0. The Morgan fingerprint density at radius 3 is 2.44 bits per heavy atom. The van der Waals surface area contributed by atoms with Crippen molar-refractivity contribution < 1.29 is 22.7 Å². The number of hydrogen-bond donors (Lipinski definition) is 0. The molecule has 1 aromatic rings. The van der Waals surface area contributed by atoms with Gasteiger partial charge in [-0.3, -0.25) is 0 Å². The predicted octanol–water partition coefficient (Wildman–Crippen LogP) is 2.93. The molecule has 0 spiro atoms. The summed E-state index contributed by atoms with van der Waals surface area (Å²) >= 11 is 0. The Labute approximate surface area is 102 Å². The maximum Gasteiger partial charge on any atom is 0.417 e. The number of aryl methyl sites for hydroxylation is 1. The molecule has 0 aliphatic carbocycles. The molecule has 0 atom stereocenters. The van der Waals surface area contributed by atoms with Gasteiger partial charge in [-0.1, -0.05) is 13.0 Å². The van der Waals surface area contributed by atoms with Crippen LogP contribution >= 0.6 is 0 Å². The zero-order valence-electron chi connectivity index (χ0n) is 9.76. The summed E-state index contributed by atoms with van der Waals surface area (Å²) in [5.41, 5.74) is -2.18. The van der Waals surface area contributed by atoms with Crippen LogP contribution in [-0.4, -0.2) is 13.1 Å².